The Morgan fingerprint density at radius 3 is 2.53 bits per heavy atom. The minimum atomic E-state index is -0.163. The lowest BCUT2D eigenvalue weighted by Gasteiger charge is -2.24. The standard InChI is InChI=1S/C12H20N2O/c1-5-12(3,4)15-11-7-6-10(8-13)9(2)14-11/h6-7H,5,8,13H2,1-4H3. The zero-order valence-electron chi connectivity index (χ0n) is 10.0. The van der Waals surface area contributed by atoms with Gasteiger partial charge < -0.3 is 10.5 Å². The van der Waals surface area contributed by atoms with Crippen LogP contribution in [0.5, 0.6) is 5.88 Å². The molecule has 0 fully saturated rings. The maximum Gasteiger partial charge on any atom is 0.213 e. The molecule has 0 radical (unpaired) electrons. The van der Waals surface area contributed by atoms with Crippen molar-refractivity contribution in [3.63, 3.8) is 0 Å². The summed E-state index contributed by atoms with van der Waals surface area (Å²) in [7, 11) is 0. The molecule has 1 rings (SSSR count). The second-order valence-electron chi connectivity index (χ2n) is 4.31. The Balaban J connectivity index is 2.84. The summed E-state index contributed by atoms with van der Waals surface area (Å²) in [6.45, 7) is 8.69. The normalized spacial score (nSPS) is 11.5. The van der Waals surface area contributed by atoms with Crippen LogP contribution < -0.4 is 10.5 Å². The predicted octanol–water partition coefficient (Wildman–Crippen LogP) is 2.42. The van der Waals surface area contributed by atoms with E-state index in [1.165, 1.54) is 0 Å². The van der Waals surface area contributed by atoms with Crippen LogP contribution in [0.4, 0.5) is 0 Å². The molecular weight excluding hydrogens is 188 g/mol. The van der Waals surface area contributed by atoms with Crippen LogP contribution >= 0.6 is 0 Å². The van der Waals surface area contributed by atoms with E-state index in [1.807, 2.05) is 19.1 Å². The van der Waals surface area contributed by atoms with Gasteiger partial charge in [0.25, 0.3) is 0 Å². The number of aryl methyl sites for hydroxylation is 1. The van der Waals surface area contributed by atoms with E-state index >= 15 is 0 Å². The Labute approximate surface area is 91.7 Å². The van der Waals surface area contributed by atoms with Gasteiger partial charge in [-0.3, -0.25) is 0 Å². The smallest absolute Gasteiger partial charge is 0.213 e. The highest BCUT2D eigenvalue weighted by atomic mass is 16.5. The first-order chi connectivity index (χ1) is 6.98. The number of hydrogen-bond acceptors (Lipinski definition) is 3. The molecule has 0 atom stereocenters. The van der Waals surface area contributed by atoms with Gasteiger partial charge in [-0.25, -0.2) is 4.98 Å². The quantitative estimate of drug-likeness (QED) is 0.826. The third-order valence-electron chi connectivity index (χ3n) is 2.62. The van der Waals surface area contributed by atoms with Gasteiger partial charge in [0, 0.05) is 18.3 Å². The molecule has 3 nitrogen and oxygen atoms in total. The number of nitrogens with two attached hydrogens (primary N) is 1. The maximum atomic E-state index is 5.78. The summed E-state index contributed by atoms with van der Waals surface area (Å²) in [5.74, 6) is 0.677. The first-order valence-corrected chi connectivity index (χ1v) is 5.34. The number of pyridine rings is 1. The number of rotatable bonds is 4. The molecule has 0 amide bonds. The van der Waals surface area contributed by atoms with E-state index in [-0.39, 0.29) is 5.60 Å². The first-order valence-electron chi connectivity index (χ1n) is 5.34. The molecule has 3 heteroatoms. The average molecular weight is 208 g/mol. The van der Waals surface area contributed by atoms with Crippen LogP contribution in [-0.4, -0.2) is 10.6 Å². The van der Waals surface area contributed by atoms with Crippen molar-refractivity contribution in [2.75, 3.05) is 0 Å². The zero-order chi connectivity index (χ0) is 11.5. The maximum absolute atomic E-state index is 5.78. The van der Waals surface area contributed by atoms with Crippen molar-refractivity contribution in [3.05, 3.63) is 23.4 Å². The topological polar surface area (TPSA) is 48.1 Å². The van der Waals surface area contributed by atoms with Crippen LogP contribution in [0.2, 0.25) is 0 Å². The molecule has 0 bridgehead atoms. The molecule has 0 unspecified atom stereocenters. The molecule has 0 aliphatic heterocycles. The van der Waals surface area contributed by atoms with E-state index in [2.05, 4.69) is 25.8 Å². The van der Waals surface area contributed by atoms with Crippen molar-refractivity contribution in [2.24, 2.45) is 5.73 Å². The van der Waals surface area contributed by atoms with Crippen LogP contribution in [0.1, 0.15) is 38.4 Å². The molecule has 0 saturated heterocycles. The molecule has 0 aliphatic carbocycles. The van der Waals surface area contributed by atoms with Crippen molar-refractivity contribution >= 4 is 0 Å². The molecule has 0 saturated carbocycles. The van der Waals surface area contributed by atoms with E-state index in [0.717, 1.165) is 17.7 Å². The molecule has 0 aliphatic rings. The average Bonchev–Trinajstić information content (AvgIpc) is 2.17. The Morgan fingerprint density at radius 1 is 1.40 bits per heavy atom. The first kappa shape index (κ1) is 12.0. The van der Waals surface area contributed by atoms with Gasteiger partial charge in [0.2, 0.25) is 5.88 Å². The molecule has 1 aromatic heterocycles. The van der Waals surface area contributed by atoms with Crippen molar-refractivity contribution in [1.82, 2.24) is 4.98 Å². The van der Waals surface area contributed by atoms with Crippen LogP contribution in [0.25, 0.3) is 0 Å². The summed E-state index contributed by atoms with van der Waals surface area (Å²) in [5, 5.41) is 0. The van der Waals surface area contributed by atoms with Gasteiger partial charge in [0.1, 0.15) is 5.60 Å². The second kappa shape index (κ2) is 4.62. The Morgan fingerprint density at radius 2 is 2.07 bits per heavy atom. The fraction of sp³-hybridized carbons (Fsp3) is 0.583. The summed E-state index contributed by atoms with van der Waals surface area (Å²) < 4.78 is 5.78. The molecular formula is C12H20N2O. The zero-order valence-corrected chi connectivity index (χ0v) is 10.0. The van der Waals surface area contributed by atoms with Crippen molar-refractivity contribution in [2.45, 2.75) is 46.3 Å². The number of aromatic nitrogens is 1. The van der Waals surface area contributed by atoms with Gasteiger partial charge in [-0.2, -0.15) is 0 Å². The summed E-state index contributed by atoms with van der Waals surface area (Å²) in [6.07, 6.45) is 0.951. The Kier molecular flexibility index (Phi) is 3.69. The van der Waals surface area contributed by atoms with Crippen LogP contribution in [0.15, 0.2) is 12.1 Å². The van der Waals surface area contributed by atoms with Gasteiger partial charge >= 0.3 is 0 Å². The SMILES string of the molecule is CCC(C)(C)Oc1ccc(CN)c(C)n1. The van der Waals surface area contributed by atoms with Gasteiger partial charge in [0.15, 0.2) is 0 Å². The molecule has 15 heavy (non-hydrogen) atoms. The monoisotopic (exact) mass is 208 g/mol. The lowest BCUT2D eigenvalue weighted by Crippen LogP contribution is -2.27. The van der Waals surface area contributed by atoms with Gasteiger partial charge in [-0.05, 0) is 32.8 Å². The van der Waals surface area contributed by atoms with Crippen molar-refractivity contribution in [3.8, 4) is 5.88 Å². The minimum Gasteiger partial charge on any atom is -0.472 e. The number of ether oxygens (including phenoxy) is 1. The molecule has 1 aromatic rings. The summed E-state index contributed by atoms with van der Waals surface area (Å²) in [4.78, 5) is 4.37. The van der Waals surface area contributed by atoms with E-state index in [9.17, 15) is 0 Å². The van der Waals surface area contributed by atoms with E-state index in [1.54, 1.807) is 0 Å². The van der Waals surface area contributed by atoms with Crippen molar-refractivity contribution in [1.29, 1.82) is 0 Å². The highest BCUT2D eigenvalue weighted by Gasteiger charge is 2.17. The predicted molar refractivity (Wildman–Crippen MR) is 61.9 cm³/mol. The van der Waals surface area contributed by atoms with E-state index in [4.69, 9.17) is 10.5 Å². The van der Waals surface area contributed by atoms with E-state index < -0.39 is 0 Å². The van der Waals surface area contributed by atoms with Gasteiger partial charge in [0.05, 0.1) is 0 Å². The minimum absolute atomic E-state index is 0.163. The van der Waals surface area contributed by atoms with Crippen LogP contribution in [0.3, 0.4) is 0 Å². The molecule has 0 aromatic carbocycles. The van der Waals surface area contributed by atoms with Crippen LogP contribution in [-0.2, 0) is 6.54 Å². The lowest BCUT2D eigenvalue weighted by atomic mass is 10.1. The van der Waals surface area contributed by atoms with Gasteiger partial charge in [-0.15, -0.1) is 0 Å². The third kappa shape index (κ3) is 3.20. The third-order valence-corrected chi connectivity index (χ3v) is 2.62. The Bertz CT molecular complexity index is 334. The molecule has 84 valence electrons. The van der Waals surface area contributed by atoms with Gasteiger partial charge in [-0.1, -0.05) is 13.0 Å². The second-order valence-corrected chi connectivity index (χ2v) is 4.31. The largest absolute Gasteiger partial charge is 0.472 e. The Hall–Kier alpha value is -1.09. The van der Waals surface area contributed by atoms with Crippen LogP contribution in [0, 0.1) is 6.92 Å². The van der Waals surface area contributed by atoms with E-state index in [0.29, 0.717) is 12.4 Å². The highest BCUT2D eigenvalue weighted by Crippen LogP contribution is 2.20. The summed E-state index contributed by atoms with van der Waals surface area (Å²) >= 11 is 0. The lowest BCUT2D eigenvalue weighted by molar-refractivity contribution is 0.0988. The molecule has 0 spiro atoms. The van der Waals surface area contributed by atoms with Crippen molar-refractivity contribution < 1.29 is 4.74 Å². The highest BCUT2D eigenvalue weighted by molar-refractivity contribution is 5.25. The molecule has 2 N–H and O–H groups in total. The number of hydrogen-bond donors (Lipinski definition) is 1. The molecule has 1 heterocycles. The summed E-state index contributed by atoms with van der Waals surface area (Å²) in [6, 6.07) is 3.86. The fourth-order valence-corrected chi connectivity index (χ4v) is 1.19. The number of nitrogens with zero attached hydrogens (tertiary/aromatic N) is 1. The summed E-state index contributed by atoms with van der Waals surface area (Å²) in [5.41, 5.74) is 7.42. The fourth-order valence-electron chi connectivity index (χ4n) is 1.19.